The number of rotatable bonds is 6. The average Bonchev–Trinajstić information content (AvgIpc) is 2.42. The molecule has 0 aliphatic carbocycles. The van der Waals surface area contributed by atoms with Crippen molar-refractivity contribution in [1.29, 1.82) is 0 Å². The molecule has 110 valence electrons. The van der Waals surface area contributed by atoms with Crippen molar-refractivity contribution in [3.63, 3.8) is 0 Å². The minimum Gasteiger partial charge on any atom is -0.460 e. The summed E-state index contributed by atoms with van der Waals surface area (Å²) < 4.78 is 9.99. The molecule has 0 aliphatic heterocycles. The fraction of sp³-hybridized carbons (Fsp3) is 0.429. The molecule has 1 aromatic carbocycles. The Balaban J connectivity index is 2.44. The van der Waals surface area contributed by atoms with Crippen LogP contribution < -0.4 is 11.5 Å². The van der Waals surface area contributed by atoms with E-state index in [0.717, 1.165) is 11.1 Å². The van der Waals surface area contributed by atoms with Gasteiger partial charge < -0.3 is 20.9 Å². The van der Waals surface area contributed by atoms with Gasteiger partial charge in [-0.05, 0) is 25.0 Å². The van der Waals surface area contributed by atoms with Crippen LogP contribution >= 0.6 is 0 Å². The van der Waals surface area contributed by atoms with Crippen molar-refractivity contribution >= 4 is 11.9 Å². The first-order valence-electron chi connectivity index (χ1n) is 6.32. The highest BCUT2D eigenvalue weighted by Crippen LogP contribution is 2.08. The lowest BCUT2D eigenvalue weighted by atomic mass is 10.1. The molecule has 1 aromatic rings. The zero-order valence-corrected chi connectivity index (χ0v) is 11.7. The van der Waals surface area contributed by atoms with Crippen molar-refractivity contribution in [2.45, 2.75) is 39.1 Å². The Morgan fingerprint density at radius 2 is 1.20 bits per heavy atom. The SMILES string of the molecule is C[C@@H](N)C(=O)OCc1ccc(COC(=O)[C@@H](C)N)cc1. The van der Waals surface area contributed by atoms with Crippen LogP contribution in [0.25, 0.3) is 0 Å². The van der Waals surface area contributed by atoms with E-state index in [-0.39, 0.29) is 13.2 Å². The van der Waals surface area contributed by atoms with Crippen molar-refractivity contribution in [1.82, 2.24) is 0 Å². The summed E-state index contributed by atoms with van der Waals surface area (Å²) in [6.07, 6.45) is 0. The van der Waals surface area contributed by atoms with Gasteiger partial charge in [0, 0.05) is 0 Å². The van der Waals surface area contributed by atoms with Crippen molar-refractivity contribution in [2.75, 3.05) is 0 Å². The first-order chi connectivity index (χ1) is 9.40. The normalized spacial score (nSPS) is 13.4. The van der Waals surface area contributed by atoms with Crippen molar-refractivity contribution < 1.29 is 19.1 Å². The van der Waals surface area contributed by atoms with E-state index in [2.05, 4.69) is 0 Å². The maximum absolute atomic E-state index is 11.2. The van der Waals surface area contributed by atoms with Crippen LogP contribution in [0.3, 0.4) is 0 Å². The van der Waals surface area contributed by atoms with Crippen molar-refractivity contribution in [3.8, 4) is 0 Å². The maximum Gasteiger partial charge on any atom is 0.322 e. The molecule has 0 aromatic heterocycles. The summed E-state index contributed by atoms with van der Waals surface area (Å²) in [6, 6.07) is 5.92. The van der Waals surface area contributed by atoms with Crippen LogP contribution in [0.4, 0.5) is 0 Å². The van der Waals surface area contributed by atoms with E-state index in [4.69, 9.17) is 20.9 Å². The van der Waals surface area contributed by atoms with Crippen molar-refractivity contribution in [3.05, 3.63) is 35.4 Å². The van der Waals surface area contributed by atoms with Crippen LogP contribution in [0.15, 0.2) is 24.3 Å². The molecule has 0 heterocycles. The van der Waals surface area contributed by atoms with Gasteiger partial charge in [0.1, 0.15) is 25.3 Å². The summed E-state index contributed by atoms with van der Waals surface area (Å²) in [5.74, 6) is -0.889. The fourth-order valence-electron chi connectivity index (χ4n) is 1.30. The summed E-state index contributed by atoms with van der Waals surface area (Å²) in [4.78, 5) is 22.4. The summed E-state index contributed by atoms with van der Waals surface area (Å²) in [6.45, 7) is 3.47. The number of carbonyl (C=O) groups is 2. The molecule has 0 saturated heterocycles. The number of ether oxygens (including phenoxy) is 2. The molecule has 0 aliphatic rings. The minimum absolute atomic E-state index is 0.167. The summed E-state index contributed by atoms with van der Waals surface area (Å²) in [5, 5.41) is 0. The van der Waals surface area contributed by atoms with Gasteiger partial charge in [0.05, 0.1) is 0 Å². The van der Waals surface area contributed by atoms with Gasteiger partial charge >= 0.3 is 11.9 Å². The zero-order valence-electron chi connectivity index (χ0n) is 11.7. The fourth-order valence-corrected chi connectivity index (χ4v) is 1.30. The summed E-state index contributed by atoms with van der Waals surface area (Å²) >= 11 is 0. The monoisotopic (exact) mass is 280 g/mol. The van der Waals surface area contributed by atoms with Gasteiger partial charge in [0.25, 0.3) is 0 Å². The van der Waals surface area contributed by atoms with Crippen LogP contribution in [-0.4, -0.2) is 24.0 Å². The third-order valence-corrected chi connectivity index (χ3v) is 2.53. The second-order valence-electron chi connectivity index (χ2n) is 4.61. The van der Waals surface area contributed by atoms with E-state index in [1.165, 1.54) is 0 Å². The molecule has 0 unspecified atom stereocenters. The first kappa shape index (κ1) is 16.1. The van der Waals surface area contributed by atoms with E-state index in [1.807, 2.05) is 0 Å². The predicted molar refractivity (Wildman–Crippen MR) is 73.3 cm³/mol. The summed E-state index contributed by atoms with van der Waals surface area (Å²) in [5.41, 5.74) is 12.4. The van der Waals surface area contributed by atoms with Gasteiger partial charge in [-0.1, -0.05) is 24.3 Å². The lowest BCUT2D eigenvalue weighted by Gasteiger charge is -2.09. The molecule has 0 saturated carbocycles. The number of esters is 2. The molecule has 0 fully saturated rings. The molecular formula is C14H20N2O4. The zero-order chi connectivity index (χ0) is 15.1. The van der Waals surface area contributed by atoms with Crippen LogP contribution in [0.2, 0.25) is 0 Å². The number of carbonyl (C=O) groups excluding carboxylic acids is 2. The lowest BCUT2D eigenvalue weighted by Crippen LogP contribution is -2.28. The van der Waals surface area contributed by atoms with Crippen LogP contribution in [-0.2, 0) is 32.3 Å². The standard InChI is InChI=1S/C14H20N2O4/c1-9(15)13(17)19-7-11-3-5-12(6-4-11)8-20-14(18)10(2)16/h3-6,9-10H,7-8,15-16H2,1-2H3/t9-,10-/m1/s1. The molecule has 0 amide bonds. The highest BCUT2D eigenvalue weighted by atomic mass is 16.5. The Bertz CT molecular complexity index is 412. The average molecular weight is 280 g/mol. The third-order valence-electron chi connectivity index (χ3n) is 2.53. The maximum atomic E-state index is 11.2. The van der Waals surface area contributed by atoms with Gasteiger partial charge in [-0.3, -0.25) is 9.59 Å². The molecular weight excluding hydrogens is 260 g/mol. The van der Waals surface area contributed by atoms with E-state index in [0.29, 0.717) is 0 Å². The topological polar surface area (TPSA) is 105 Å². The number of hydrogen-bond donors (Lipinski definition) is 2. The van der Waals surface area contributed by atoms with E-state index < -0.39 is 24.0 Å². The molecule has 0 bridgehead atoms. The second kappa shape index (κ2) is 7.62. The third kappa shape index (κ3) is 5.38. The van der Waals surface area contributed by atoms with Crippen LogP contribution in [0.1, 0.15) is 25.0 Å². The highest BCUT2D eigenvalue weighted by Gasteiger charge is 2.10. The molecule has 6 heteroatoms. The molecule has 1 rings (SSSR count). The Morgan fingerprint density at radius 1 is 0.900 bits per heavy atom. The van der Waals surface area contributed by atoms with E-state index in [1.54, 1.807) is 38.1 Å². The smallest absolute Gasteiger partial charge is 0.322 e. The second-order valence-corrected chi connectivity index (χ2v) is 4.61. The van der Waals surface area contributed by atoms with Gasteiger partial charge in [0.2, 0.25) is 0 Å². The number of nitrogens with two attached hydrogens (primary N) is 2. The number of benzene rings is 1. The summed E-state index contributed by atoms with van der Waals surface area (Å²) in [7, 11) is 0. The van der Waals surface area contributed by atoms with Crippen molar-refractivity contribution in [2.24, 2.45) is 11.5 Å². The van der Waals surface area contributed by atoms with E-state index in [9.17, 15) is 9.59 Å². The minimum atomic E-state index is -0.632. The molecule has 0 spiro atoms. The van der Waals surface area contributed by atoms with Crippen LogP contribution in [0, 0.1) is 0 Å². The highest BCUT2D eigenvalue weighted by molar-refractivity contribution is 5.75. The largest absolute Gasteiger partial charge is 0.460 e. The van der Waals surface area contributed by atoms with Crippen LogP contribution in [0.5, 0.6) is 0 Å². The van der Waals surface area contributed by atoms with E-state index >= 15 is 0 Å². The Kier molecular flexibility index (Phi) is 6.14. The molecule has 2 atom stereocenters. The molecule has 6 nitrogen and oxygen atoms in total. The molecule has 20 heavy (non-hydrogen) atoms. The molecule has 0 radical (unpaired) electrons. The Morgan fingerprint density at radius 3 is 1.45 bits per heavy atom. The molecule has 4 N–H and O–H groups in total. The predicted octanol–water partition coefficient (Wildman–Crippen LogP) is 0.467. The van der Waals surface area contributed by atoms with Gasteiger partial charge in [-0.25, -0.2) is 0 Å². The van der Waals surface area contributed by atoms with Gasteiger partial charge in [0.15, 0.2) is 0 Å². The lowest BCUT2D eigenvalue weighted by molar-refractivity contribution is -0.147. The van der Waals surface area contributed by atoms with Gasteiger partial charge in [-0.15, -0.1) is 0 Å². The van der Waals surface area contributed by atoms with Gasteiger partial charge in [-0.2, -0.15) is 0 Å². The first-order valence-corrected chi connectivity index (χ1v) is 6.32. The Hall–Kier alpha value is -1.92. The Labute approximate surface area is 118 Å². The quantitative estimate of drug-likeness (QED) is 0.734. The number of hydrogen-bond acceptors (Lipinski definition) is 6.